The molecule has 2 N–H and O–H groups in total. The molecule has 0 aromatic heterocycles. The van der Waals surface area contributed by atoms with E-state index in [0.717, 1.165) is 6.42 Å². The van der Waals surface area contributed by atoms with E-state index < -0.39 is 11.5 Å². The first-order chi connectivity index (χ1) is 7.52. The zero-order valence-electron chi connectivity index (χ0n) is 11.6. The van der Waals surface area contributed by atoms with E-state index in [1.165, 1.54) is 0 Å². The van der Waals surface area contributed by atoms with E-state index in [2.05, 4.69) is 26.1 Å². The van der Waals surface area contributed by atoms with Crippen LogP contribution < -0.4 is 5.32 Å². The second kappa shape index (κ2) is 6.03. The van der Waals surface area contributed by atoms with Crippen LogP contribution in [-0.4, -0.2) is 22.5 Å². The molecule has 0 radical (unpaired) electrons. The highest BCUT2D eigenvalue weighted by Crippen LogP contribution is 2.21. The van der Waals surface area contributed by atoms with Crippen LogP contribution >= 0.6 is 0 Å². The van der Waals surface area contributed by atoms with E-state index in [1.807, 2.05) is 13.8 Å². The minimum atomic E-state index is -0.831. The van der Waals surface area contributed by atoms with Crippen molar-refractivity contribution in [2.45, 2.75) is 65.8 Å². The van der Waals surface area contributed by atoms with Crippen LogP contribution in [0.15, 0.2) is 0 Å². The number of aliphatic carboxylic acids is 1. The molecule has 0 aromatic rings. The fourth-order valence-corrected chi connectivity index (χ4v) is 1.41. The van der Waals surface area contributed by atoms with Crippen molar-refractivity contribution in [2.24, 2.45) is 5.41 Å². The summed E-state index contributed by atoms with van der Waals surface area (Å²) in [5.74, 6) is -0.836. The van der Waals surface area contributed by atoms with Crippen molar-refractivity contribution in [3.63, 3.8) is 0 Å². The highest BCUT2D eigenvalue weighted by molar-refractivity contribution is 5.76. The van der Waals surface area contributed by atoms with Crippen molar-refractivity contribution in [3.05, 3.63) is 0 Å². The van der Waals surface area contributed by atoms with Gasteiger partial charge in [0.25, 0.3) is 0 Å². The Labute approximate surface area is 104 Å². The molecule has 0 atom stereocenters. The first kappa shape index (κ1) is 15.9. The Bertz CT molecular complexity index is 277. The summed E-state index contributed by atoms with van der Waals surface area (Å²) in [5, 5.41) is 11.5. The van der Waals surface area contributed by atoms with Crippen LogP contribution in [-0.2, 0) is 9.59 Å². The number of carbonyl (C=O) groups is 2. The maximum absolute atomic E-state index is 11.7. The second-order valence-electron chi connectivity index (χ2n) is 6.39. The highest BCUT2D eigenvalue weighted by atomic mass is 16.4. The van der Waals surface area contributed by atoms with Crippen molar-refractivity contribution < 1.29 is 14.7 Å². The summed E-state index contributed by atoms with van der Waals surface area (Å²) in [5.41, 5.74) is -0.310. The molecule has 0 aliphatic rings. The third-order valence-corrected chi connectivity index (χ3v) is 2.54. The lowest BCUT2D eigenvalue weighted by Gasteiger charge is -2.26. The number of amides is 1. The number of nitrogens with one attached hydrogen (secondary N) is 1. The molecule has 0 spiro atoms. The number of carboxylic acid groups (broad SMARTS) is 1. The van der Waals surface area contributed by atoms with Gasteiger partial charge < -0.3 is 10.4 Å². The van der Waals surface area contributed by atoms with Gasteiger partial charge in [-0.05, 0) is 32.1 Å². The minimum absolute atomic E-state index is 0.00434. The van der Waals surface area contributed by atoms with Gasteiger partial charge in [0.1, 0.15) is 0 Å². The van der Waals surface area contributed by atoms with E-state index in [0.29, 0.717) is 12.8 Å². The SMILES string of the molecule is CC(C)(C)CCC(=O)NC(C)(C)CCC(=O)O. The molecule has 4 nitrogen and oxygen atoms in total. The lowest BCUT2D eigenvalue weighted by atomic mass is 9.90. The smallest absolute Gasteiger partial charge is 0.303 e. The monoisotopic (exact) mass is 243 g/mol. The predicted molar refractivity (Wildman–Crippen MR) is 67.8 cm³/mol. The van der Waals surface area contributed by atoms with Gasteiger partial charge in [-0.25, -0.2) is 0 Å². The van der Waals surface area contributed by atoms with Crippen LogP contribution in [0, 0.1) is 5.41 Å². The van der Waals surface area contributed by atoms with Crippen LogP contribution in [0.2, 0.25) is 0 Å². The fraction of sp³-hybridized carbons (Fsp3) is 0.846. The van der Waals surface area contributed by atoms with Gasteiger partial charge >= 0.3 is 5.97 Å². The second-order valence-corrected chi connectivity index (χ2v) is 6.39. The zero-order valence-corrected chi connectivity index (χ0v) is 11.6. The zero-order chi connectivity index (χ0) is 13.7. The van der Waals surface area contributed by atoms with Gasteiger partial charge in [-0.15, -0.1) is 0 Å². The Kier molecular flexibility index (Phi) is 5.66. The maximum atomic E-state index is 11.7. The molecule has 0 aliphatic carbocycles. The average Bonchev–Trinajstić information content (AvgIpc) is 2.10. The number of carboxylic acids is 1. The normalized spacial score (nSPS) is 12.3. The Hall–Kier alpha value is -1.06. The van der Waals surface area contributed by atoms with Crippen LogP contribution in [0.5, 0.6) is 0 Å². The van der Waals surface area contributed by atoms with Crippen molar-refractivity contribution >= 4 is 11.9 Å². The Morgan fingerprint density at radius 1 is 1.00 bits per heavy atom. The molecule has 0 fully saturated rings. The Balaban J connectivity index is 4.05. The van der Waals surface area contributed by atoms with Gasteiger partial charge in [-0.2, -0.15) is 0 Å². The number of hydrogen-bond donors (Lipinski definition) is 2. The van der Waals surface area contributed by atoms with E-state index in [1.54, 1.807) is 0 Å². The van der Waals surface area contributed by atoms with Gasteiger partial charge in [-0.3, -0.25) is 9.59 Å². The number of carbonyl (C=O) groups excluding carboxylic acids is 1. The molecule has 100 valence electrons. The van der Waals surface area contributed by atoms with Gasteiger partial charge in [0.2, 0.25) is 5.91 Å². The van der Waals surface area contributed by atoms with E-state index in [-0.39, 0.29) is 17.7 Å². The summed E-state index contributed by atoms with van der Waals surface area (Å²) in [7, 11) is 0. The lowest BCUT2D eigenvalue weighted by Crippen LogP contribution is -2.43. The maximum Gasteiger partial charge on any atom is 0.303 e. The molecule has 0 unspecified atom stereocenters. The van der Waals surface area contributed by atoms with Crippen molar-refractivity contribution in [1.82, 2.24) is 5.32 Å². The summed E-state index contributed by atoms with van der Waals surface area (Å²) in [6.07, 6.45) is 1.84. The topological polar surface area (TPSA) is 66.4 Å². The van der Waals surface area contributed by atoms with Crippen LogP contribution in [0.3, 0.4) is 0 Å². The molecule has 0 saturated heterocycles. The third kappa shape index (κ3) is 9.85. The number of rotatable bonds is 6. The molecule has 1 amide bonds. The molecule has 17 heavy (non-hydrogen) atoms. The molecule has 4 heteroatoms. The van der Waals surface area contributed by atoms with Crippen molar-refractivity contribution in [1.29, 1.82) is 0 Å². The van der Waals surface area contributed by atoms with Crippen LogP contribution in [0.1, 0.15) is 60.3 Å². The fourth-order valence-electron chi connectivity index (χ4n) is 1.41. The lowest BCUT2D eigenvalue weighted by molar-refractivity contribution is -0.137. The van der Waals surface area contributed by atoms with E-state index >= 15 is 0 Å². The molecule has 0 saturated carbocycles. The van der Waals surface area contributed by atoms with E-state index in [9.17, 15) is 9.59 Å². The van der Waals surface area contributed by atoms with Gasteiger partial charge in [0, 0.05) is 18.4 Å². The largest absolute Gasteiger partial charge is 0.481 e. The van der Waals surface area contributed by atoms with Crippen molar-refractivity contribution in [3.8, 4) is 0 Å². The quantitative estimate of drug-likeness (QED) is 0.753. The van der Waals surface area contributed by atoms with Crippen molar-refractivity contribution in [2.75, 3.05) is 0 Å². The van der Waals surface area contributed by atoms with Crippen LogP contribution in [0.4, 0.5) is 0 Å². The molecule has 0 aliphatic heterocycles. The summed E-state index contributed by atoms with van der Waals surface area (Å²) < 4.78 is 0. The van der Waals surface area contributed by atoms with Crippen LogP contribution in [0.25, 0.3) is 0 Å². The minimum Gasteiger partial charge on any atom is -0.481 e. The first-order valence-electron chi connectivity index (χ1n) is 6.05. The molecule has 0 bridgehead atoms. The molecular weight excluding hydrogens is 218 g/mol. The summed E-state index contributed by atoms with van der Waals surface area (Å²) in [6.45, 7) is 9.98. The Morgan fingerprint density at radius 2 is 1.53 bits per heavy atom. The van der Waals surface area contributed by atoms with Gasteiger partial charge in [-0.1, -0.05) is 20.8 Å². The third-order valence-electron chi connectivity index (χ3n) is 2.54. The van der Waals surface area contributed by atoms with Gasteiger partial charge in [0.15, 0.2) is 0 Å². The first-order valence-corrected chi connectivity index (χ1v) is 6.05. The molecular formula is C13H25NO3. The molecule has 0 rings (SSSR count). The molecule has 0 heterocycles. The number of hydrogen-bond acceptors (Lipinski definition) is 2. The standard InChI is InChI=1S/C13H25NO3/c1-12(2,3)8-6-10(15)14-13(4,5)9-7-11(16)17/h6-9H2,1-5H3,(H,14,15)(H,16,17). The Morgan fingerprint density at radius 3 is 1.94 bits per heavy atom. The van der Waals surface area contributed by atoms with E-state index in [4.69, 9.17) is 5.11 Å². The average molecular weight is 243 g/mol. The predicted octanol–water partition coefficient (Wildman–Crippen LogP) is 2.57. The molecule has 0 aromatic carbocycles. The highest BCUT2D eigenvalue weighted by Gasteiger charge is 2.22. The summed E-state index contributed by atoms with van der Waals surface area (Å²) in [6, 6.07) is 0. The summed E-state index contributed by atoms with van der Waals surface area (Å²) >= 11 is 0. The summed E-state index contributed by atoms with van der Waals surface area (Å²) in [4.78, 5) is 22.2. The van der Waals surface area contributed by atoms with Gasteiger partial charge in [0.05, 0.1) is 0 Å².